The summed E-state index contributed by atoms with van der Waals surface area (Å²) in [7, 11) is 0. The average Bonchev–Trinajstić information content (AvgIpc) is 2.89. The van der Waals surface area contributed by atoms with Crippen molar-refractivity contribution in [2.75, 3.05) is 5.32 Å². The van der Waals surface area contributed by atoms with Crippen LogP contribution in [-0.2, 0) is 0 Å². The molecular weight excluding hydrogens is 520 g/mol. The number of carbonyl (C=O) groups is 2. The Morgan fingerprint density at radius 1 is 0.972 bits per heavy atom. The second kappa shape index (κ2) is 9.67. The molecule has 0 radical (unpaired) electrons. The molecule has 5 rings (SSSR count). The maximum absolute atomic E-state index is 13.8. The molecule has 2 N–H and O–H groups in total. The fraction of sp³-hybridized carbons (Fsp3) is 0.0357. The number of anilines is 1. The Morgan fingerprint density at radius 3 is 2.50 bits per heavy atom. The predicted octanol–water partition coefficient (Wildman–Crippen LogP) is 6.38. The van der Waals surface area contributed by atoms with Gasteiger partial charge in [-0.05, 0) is 48.9 Å². The fourth-order valence-electron chi connectivity index (χ4n) is 4.12. The highest BCUT2D eigenvalue weighted by atomic mass is 79.9. The van der Waals surface area contributed by atoms with E-state index in [0.29, 0.717) is 39.1 Å². The van der Waals surface area contributed by atoms with Gasteiger partial charge in [0.1, 0.15) is 0 Å². The second-order valence-corrected chi connectivity index (χ2v) is 9.01. The van der Waals surface area contributed by atoms with Gasteiger partial charge in [-0.2, -0.15) is 0 Å². The summed E-state index contributed by atoms with van der Waals surface area (Å²) in [4.78, 5) is 38.7. The Kier molecular flexibility index (Phi) is 6.26. The number of carboxylic acid groups (broad SMARTS) is 1. The first-order valence-corrected chi connectivity index (χ1v) is 11.8. The van der Waals surface area contributed by atoms with Gasteiger partial charge in [-0.15, -0.1) is 0 Å². The minimum Gasteiger partial charge on any atom is -0.478 e. The number of halogens is 1. The zero-order valence-electron chi connectivity index (χ0n) is 19.1. The van der Waals surface area contributed by atoms with Crippen molar-refractivity contribution in [3.63, 3.8) is 0 Å². The molecule has 0 fully saturated rings. The molecule has 0 saturated carbocycles. The lowest BCUT2D eigenvalue weighted by Crippen LogP contribution is -2.16. The second-order valence-electron chi connectivity index (χ2n) is 8.10. The molecule has 0 bridgehead atoms. The molecule has 8 heteroatoms. The zero-order chi connectivity index (χ0) is 25.2. The van der Waals surface area contributed by atoms with Crippen LogP contribution < -0.4 is 5.32 Å². The van der Waals surface area contributed by atoms with E-state index in [9.17, 15) is 14.7 Å². The lowest BCUT2D eigenvalue weighted by atomic mass is 9.97. The van der Waals surface area contributed by atoms with Crippen molar-refractivity contribution in [2.45, 2.75) is 6.92 Å². The van der Waals surface area contributed by atoms with E-state index in [1.165, 1.54) is 30.7 Å². The molecule has 2 heterocycles. The Morgan fingerprint density at radius 2 is 1.78 bits per heavy atom. The van der Waals surface area contributed by atoms with Crippen LogP contribution in [0.3, 0.4) is 0 Å². The minimum absolute atomic E-state index is 0.0782. The lowest BCUT2D eigenvalue weighted by molar-refractivity contribution is 0.0696. The van der Waals surface area contributed by atoms with E-state index >= 15 is 0 Å². The number of amides is 1. The van der Waals surface area contributed by atoms with E-state index in [1.54, 1.807) is 6.07 Å². The number of carboxylic acids is 1. The molecule has 1 amide bonds. The van der Waals surface area contributed by atoms with Gasteiger partial charge < -0.3 is 10.4 Å². The summed E-state index contributed by atoms with van der Waals surface area (Å²) in [6.07, 6.45) is 4.56. The number of aromatic nitrogens is 3. The summed E-state index contributed by atoms with van der Waals surface area (Å²) in [5.74, 6) is -1.42. The summed E-state index contributed by atoms with van der Waals surface area (Å²) >= 11 is 3.50. The monoisotopic (exact) mass is 538 g/mol. The third-order valence-corrected chi connectivity index (χ3v) is 6.31. The van der Waals surface area contributed by atoms with Crippen molar-refractivity contribution in [2.24, 2.45) is 0 Å². The van der Waals surface area contributed by atoms with Crippen LogP contribution in [0.25, 0.3) is 33.4 Å². The van der Waals surface area contributed by atoms with Crippen LogP contribution in [0.4, 0.5) is 5.69 Å². The Bertz CT molecular complexity index is 1620. The highest BCUT2D eigenvalue weighted by Crippen LogP contribution is 2.33. The first kappa shape index (κ1) is 23.3. The first-order chi connectivity index (χ1) is 17.4. The molecule has 0 aliphatic heterocycles. The van der Waals surface area contributed by atoms with Crippen molar-refractivity contribution < 1.29 is 14.7 Å². The number of nitrogens with one attached hydrogen (secondary N) is 1. The minimum atomic E-state index is -1.08. The molecule has 0 aliphatic carbocycles. The number of aromatic carboxylic acids is 1. The van der Waals surface area contributed by atoms with Crippen LogP contribution >= 0.6 is 15.9 Å². The van der Waals surface area contributed by atoms with Gasteiger partial charge in [0.05, 0.1) is 39.9 Å². The van der Waals surface area contributed by atoms with E-state index in [0.717, 1.165) is 15.6 Å². The van der Waals surface area contributed by atoms with Crippen molar-refractivity contribution in [3.05, 3.63) is 106 Å². The molecule has 0 unspecified atom stereocenters. The molecule has 5 aromatic rings. The number of pyridine rings is 1. The average molecular weight is 539 g/mol. The summed E-state index contributed by atoms with van der Waals surface area (Å²) in [6.45, 7) is 1.88. The standard InChI is InChI=1S/C28H19BrN4O3/c1-16-25(21-14-19(29)8-10-23(21)32-26(16)17-5-3-2-4-6-17)27(34)33-22-9-7-18(28(35)36)13-20(22)24-15-30-11-12-31-24/h2-15H,1H3,(H,33,34)(H,35,36). The first-order valence-electron chi connectivity index (χ1n) is 11.0. The normalized spacial score (nSPS) is 10.8. The number of carbonyl (C=O) groups excluding carboxylic acids is 1. The molecule has 36 heavy (non-hydrogen) atoms. The summed E-state index contributed by atoms with van der Waals surface area (Å²) < 4.78 is 0.823. The lowest BCUT2D eigenvalue weighted by Gasteiger charge is -2.17. The molecule has 0 atom stereocenters. The van der Waals surface area contributed by atoms with Crippen molar-refractivity contribution >= 4 is 44.4 Å². The van der Waals surface area contributed by atoms with Gasteiger partial charge in [0.15, 0.2) is 0 Å². The van der Waals surface area contributed by atoms with Crippen molar-refractivity contribution in [3.8, 4) is 22.5 Å². The van der Waals surface area contributed by atoms with Gasteiger partial charge in [-0.1, -0.05) is 46.3 Å². The Hall–Kier alpha value is -4.43. The third-order valence-electron chi connectivity index (χ3n) is 5.82. The molecule has 2 aromatic heterocycles. The smallest absolute Gasteiger partial charge is 0.335 e. The van der Waals surface area contributed by atoms with Gasteiger partial charge in [0.2, 0.25) is 0 Å². The van der Waals surface area contributed by atoms with Crippen LogP contribution in [0, 0.1) is 6.92 Å². The fourth-order valence-corrected chi connectivity index (χ4v) is 4.48. The predicted molar refractivity (Wildman–Crippen MR) is 142 cm³/mol. The topological polar surface area (TPSA) is 105 Å². The van der Waals surface area contributed by atoms with Crippen molar-refractivity contribution in [1.82, 2.24) is 15.0 Å². The summed E-state index contributed by atoms with van der Waals surface area (Å²) in [5, 5.41) is 13.2. The number of nitrogens with zero attached hydrogens (tertiary/aromatic N) is 3. The van der Waals surface area contributed by atoms with Crippen LogP contribution in [0.2, 0.25) is 0 Å². The highest BCUT2D eigenvalue weighted by Gasteiger charge is 2.21. The van der Waals surface area contributed by atoms with E-state index in [1.807, 2.05) is 55.5 Å². The van der Waals surface area contributed by atoms with Gasteiger partial charge in [0, 0.05) is 33.4 Å². The van der Waals surface area contributed by atoms with E-state index in [-0.39, 0.29) is 11.5 Å². The molecule has 7 nitrogen and oxygen atoms in total. The largest absolute Gasteiger partial charge is 0.478 e. The molecular formula is C28H19BrN4O3. The number of hydrogen-bond donors (Lipinski definition) is 2. The Balaban J connectivity index is 1.67. The van der Waals surface area contributed by atoms with Gasteiger partial charge in [-0.3, -0.25) is 14.8 Å². The van der Waals surface area contributed by atoms with Crippen LogP contribution in [0.15, 0.2) is 89.8 Å². The maximum atomic E-state index is 13.8. The van der Waals surface area contributed by atoms with Crippen molar-refractivity contribution in [1.29, 1.82) is 0 Å². The molecule has 0 saturated heterocycles. The van der Waals surface area contributed by atoms with E-state index in [2.05, 4.69) is 31.2 Å². The number of benzene rings is 3. The van der Waals surface area contributed by atoms with Crippen LogP contribution in [0.1, 0.15) is 26.3 Å². The number of hydrogen-bond acceptors (Lipinski definition) is 5. The number of fused-ring (bicyclic) bond motifs is 1. The van der Waals surface area contributed by atoms with Crippen LogP contribution in [-0.4, -0.2) is 31.9 Å². The van der Waals surface area contributed by atoms with Crippen LogP contribution in [0.5, 0.6) is 0 Å². The third kappa shape index (κ3) is 4.46. The quantitative estimate of drug-likeness (QED) is 0.269. The molecule has 176 valence electrons. The SMILES string of the molecule is Cc1c(-c2ccccc2)nc2ccc(Br)cc2c1C(=O)Nc1ccc(C(=O)O)cc1-c1cnccn1. The van der Waals surface area contributed by atoms with Gasteiger partial charge in [-0.25, -0.2) is 9.78 Å². The molecule has 3 aromatic carbocycles. The summed E-state index contributed by atoms with van der Waals surface area (Å²) in [5.41, 5.74) is 4.91. The Labute approximate surface area is 215 Å². The zero-order valence-corrected chi connectivity index (χ0v) is 20.7. The van der Waals surface area contributed by atoms with Gasteiger partial charge >= 0.3 is 5.97 Å². The highest BCUT2D eigenvalue weighted by molar-refractivity contribution is 9.10. The molecule has 0 aliphatic rings. The number of rotatable bonds is 5. The van der Waals surface area contributed by atoms with Gasteiger partial charge in [0.25, 0.3) is 5.91 Å². The maximum Gasteiger partial charge on any atom is 0.335 e. The molecule has 0 spiro atoms. The summed E-state index contributed by atoms with van der Waals surface area (Å²) in [6, 6.07) is 19.8. The van der Waals surface area contributed by atoms with E-state index < -0.39 is 5.97 Å². The van der Waals surface area contributed by atoms with E-state index in [4.69, 9.17) is 4.98 Å².